The maximum atomic E-state index is 12.1. The summed E-state index contributed by atoms with van der Waals surface area (Å²) in [6.45, 7) is 1.81. The topological polar surface area (TPSA) is 144 Å². The van der Waals surface area contributed by atoms with Crippen LogP contribution >= 0.6 is 0 Å². The number of non-ortho nitro benzene ring substituents is 2. The fourth-order valence-electron chi connectivity index (χ4n) is 2.18. The average molecular weight is 372 g/mol. The van der Waals surface area contributed by atoms with Crippen LogP contribution in [0, 0.1) is 20.2 Å². The highest BCUT2D eigenvalue weighted by Gasteiger charge is 2.14. The minimum atomic E-state index is -0.558. The summed E-state index contributed by atoms with van der Waals surface area (Å²) in [4.78, 5) is 44.2. The molecule has 2 rings (SSSR count). The molecule has 0 radical (unpaired) electrons. The number of nitro benzene ring substituents is 2. The molecular formula is C17H16N4O6. The van der Waals surface area contributed by atoms with E-state index in [2.05, 4.69) is 10.6 Å². The van der Waals surface area contributed by atoms with Crippen molar-refractivity contribution in [3.05, 3.63) is 79.9 Å². The highest BCUT2D eigenvalue weighted by molar-refractivity contribution is 5.95. The van der Waals surface area contributed by atoms with Crippen molar-refractivity contribution in [2.24, 2.45) is 0 Å². The summed E-state index contributed by atoms with van der Waals surface area (Å²) < 4.78 is 0. The Morgan fingerprint density at radius 2 is 1.26 bits per heavy atom. The van der Waals surface area contributed by atoms with Gasteiger partial charge in [0.05, 0.1) is 9.85 Å². The van der Waals surface area contributed by atoms with Gasteiger partial charge in [0.15, 0.2) is 0 Å². The van der Waals surface area contributed by atoms with Crippen molar-refractivity contribution in [1.29, 1.82) is 0 Å². The van der Waals surface area contributed by atoms with Crippen LogP contribution in [0.3, 0.4) is 0 Å². The smallest absolute Gasteiger partial charge is 0.269 e. The molecule has 2 N–H and O–H groups in total. The molecule has 0 spiro atoms. The zero-order valence-electron chi connectivity index (χ0n) is 14.2. The first kappa shape index (κ1) is 19.5. The van der Waals surface area contributed by atoms with Gasteiger partial charge in [0, 0.05) is 48.0 Å². The van der Waals surface area contributed by atoms with Gasteiger partial charge in [0.2, 0.25) is 0 Å². The summed E-state index contributed by atoms with van der Waals surface area (Å²) >= 11 is 0. The van der Waals surface area contributed by atoms with E-state index in [9.17, 15) is 29.8 Å². The van der Waals surface area contributed by atoms with Gasteiger partial charge in [-0.15, -0.1) is 0 Å². The molecular weight excluding hydrogens is 356 g/mol. The van der Waals surface area contributed by atoms with Gasteiger partial charge in [-0.25, -0.2) is 0 Å². The van der Waals surface area contributed by atoms with Gasteiger partial charge in [-0.1, -0.05) is 0 Å². The van der Waals surface area contributed by atoms with Crippen LogP contribution in [0.1, 0.15) is 27.6 Å². The van der Waals surface area contributed by atoms with Crippen LogP contribution in [-0.2, 0) is 0 Å². The first-order valence-corrected chi connectivity index (χ1v) is 7.86. The number of benzene rings is 2. The molecule has 0 bridgehead atoms. The summed E-state index contributed by atoms with van der Waals surface area (Å²) in [6.07, 6.45) is 0. The van der Waals surface area contributed by atoms with Crippen molar-refractivity contribution >= 4 is 23.2 Å². The number of hydrogen-bond acceptors (Lipinski definition) is 6. The zero-order chi connectivity index (χ0) is 20.0. The zero-order valence-corrected chi connectivity index (χ0v) is 14.2. The summed E-state index contributed by atoms with van der Waals surface area (Å²) in [7, 11) is 0. The molecule has 10 heteroatoms. The lowest BCUT2D eigenvalue weighted by atomic mass is 10.1. The fraction of sp³-hybridized carbons (Fsp3) is 0.176. The molecule has 0 fully saturated rings. The van der Waals surface area contributed by atoms with Crippen LogP contribution in [0.25, 0.3) is 0 Å². The molecule has 0 saturated heterocycles. The highest BCUT2D eigenvalue weighted by Crippen LogP contribution is 2.13. The molecule has 0 aliphatic heterocycles. The second kappa shape index (κ2) is 8.52. The molecule has 0 unspecified atom stereocenters. The normalized spacial score (nSPS) is 11.3. The predicted octanol–water partition coefficient (Wildman–Crippen LogP) is 2.05. The lowest BCUT2D eigenvalue weighted by Gasteiger charge is -2.15. The van der Waals surface area contributed by atoms with Crippen molar-refractivity contribution in [3.8, 4) is 0 Å². The Kier molecular flexibility index (Phi) is 6.15. The molecule has 10 nitrogen and oxygen atoms in total. The molecule has 0 heterocycles. The average Bonchev–Trinajstić information content (AvgIpc) is 2.66. The van der Waals surface area contributed by atoms with E-state index in [1.165, 1.54) is 48.5 Å². The van der Waals surface area contributed by atoms with Crippen LogP contribution in [0.2, 0.25) is 0 Å². The Hall–Kier alpha value is -3.82. The number of rotatable bonds is 7. The Morgan fingerprint density at radius 1 is 0.852 bits per heavy atom. The van der Waals surface area contributed by atoms with E-state index in [1.54, 1.807) is 6.92 Å². The lowest BCUT2D eigenvalue weighted by molar-refractivity contribution is -0.385. The van der Waals surface area contributed by atoms with Crippen LogP contribution in [0.5, 0.6) is 0 Å². The number of amides is 2. The van der Waals surface area contributed by atoms with Gasteiger partial charge in [-0.05, 0) is 31.2 Å². The number of carbonyl (C=O) groups excluding carboxylic acids is 2. The van der Waals surface area contributed by atoms with Gasteiger partial charge < -0.3 is 10.6 Å². The van der Waals surface area contributed by atoms with E-state index >= 15 is 0 Å². The van der Waals surface area contributed by atoms with Crippen LogP contribution in [-0.4, -0.2) is 34.2 Å². The first-order valence-electron chi connectivity index (χ1n) is 7.86. The van der Waals surface area contributed by atoms with E-state index in [0.29, 0.717) is 0 Å². The van der Waals surface area contributed by atoms with Crippen LogP contribution in [0.15, 0.2) is 48.5 Å². The van der Waals surface area contributed by atoms with Crippen molar-refractivity contribution in [2.45, 2.75) is 13.0 Å². The second-order valence-corrected chi connectivity index (χ2v) is 5.69. The Balaban J connectivity index is 1.86. The van der Waals surface area contributed by atoms with E-state index in [1.807, 2.05) is 0 Å². The predicted molar refractivity (Wildman–Crippen MR) is 95.5 cm³/mol. The summed E-state index contributed by atoms with van der Waals surface area (Å²) in [5.74, 6) is -0.858. The lowest BCUT2D eigenvalue weighted by Crippen LogP contribution is -2.41. The van der Waals surface area contributed by atoms with Crippen molar-refractivity contribution < 1.29 is 19.4 Å². The molecule has 2 aromatic carbocycles. The minimum Gasteiger partial charge on any atom is -0.350 e. The molecule has 0 aliphatic carbocycles. The maximum absolute atomic E-state index is 12.1. The van der Waals surface area contributed by atoms with Crippen LogP contribution in [0.4, 0.5) is 11.4 Å². The molecule has 140 valence electrons. The van der Waals surface area contributed by atoms with Gasteiger partial charge in [0.1, 0.15) is 0 Å². The third-order valence-electron chi connectivity index (χ3n) is 3.63. The van der Waals surface area contributed by atoms with Crippen molar-refractivity contribution in [1.82, 2.24) is 10.6 Å². The fourth-order valence-corrected chi connectivity index (χ4v) is 2.18. The van der Waals surface area contributed by atoms with E-state index < -0.39 is 27.7 Å². The Labute approximate surface area is 153 Å². The molecule has 27 heavy (non-hydrogen) atoms. The number of nitrogens with zero attached hydrogens (tertiary/aromatic N) is 2. The molecule has 0 aliphatic rings. The van der Waals surface area contributed by atoms with Crippen molar-refractivity contribution in [3.63, 3.8) is 0 Å². The molecule has 2 amide bonds. The Morgan fingerprint density at radius 3 is 1.67 bits per heavy atom. The minimum absolute atomic E-state index is 0.115. The van der Waals surface area contributed by atoms with E-state index in [-0.39, 0.29) is 29.0 Å². The third-order valence-corrected chi connectivity index (χ3v) is 3.63. The summed E-state index contributed by atoms with van der Waals surface area (Å²) in [5, 5.41) is 26.5. The molecule has 1 atom stereocenters. The SMILES string of the molecule is C[C@H](CNC(=O)c1ccc([N+](=O)[O-])cc1)NC(=O)c1ccc([N+](=O)[O-])cc1. The highest BCUT2D eigenvalue weighted by atomic mass is 16.6. The van der Waals surface area contributed by atoms with Gasteiger partial charge in [-0.3, -0.25) is 29.8 Å². The molecule has 0 aromatic heterocycles. The number of nitrogens with one attached hydrogen (secondary N) is 2. The van der Waals surface area contributed by atoms with Crippen molar-refractivity contribution in [2.75, 3.05) is 6.54 Å². The quantitative estimate of drug-likeness (QED) is 0.562. The van der Waals surface area contributed by atoms with Gasteiger partial charge in [-0.2, -0.15) is 0 Å². The second-order valence-electron chi connectivity index (χ2n) is 5.69. The van der Waals surface area contributed by atoms with Crippen LogP contribution < -0.4 is 10.6 Å². The number of nitro groups is 2. The maximum Gasteiger partial charge on any atom is 0.269 e. The van der Waals surface area contributed by atoms with E-state index in [0.717, 1.165) is 0 Å². The summed E-state index contributed by atoms with van der Waals surface area (Å²) in [5.41, 5.74) is 0.286. The van der Waals surface area contributed by atoms with E-state index in [4.69, 9.17) is 0 Å². The first-order chi connectivity index (χ1) is 12.8. The van der Waals surface area contributed by atoms with Gasteiger partial charge in [0.25, 0.3) is 23.2 Å². The third kappa shape index (κ3) is 5.33. The standard InChI is InChI=1S/C17H16N4O6/c1-11(19-17(23)13-4-8-15(9-5-13)21(26)27)10-18-16(22)12-2-6-14(7-3-12)20(24)25/h2-9,11H,10H2,1H3,(H,18,22)(H,19,23)/t11-/m1/s1. The number of carbonyl (C=O) groups is 2. The Bertz CT molecular complexity index is 864. The monoisotopic (exact) mass is 372 g/mol. The summed E-state index contributed by atoms with van der Waals surface area (Å²) in [6, 6.07) is 9.89. The van der Waals surface area contributed by atoms with Gasteiger partial charge >= 0.3 is 0 Å². The molecule has 0 saturated carbocycles. The largest absolute Gasteiger partial charge is 0.350 e. The number of hydrogen-bond donors (Lipinski definition) is 2. The molecule has 2 aromatic rings.